The second-order valence-electron chi connectivity index (χ2n) is 6.69. The highest BCUT2D eigenvalue weighted by molar-refractivity contribution is 7.16. The van der Waals surface area contributed by atoms with Crippen molar-refractivity contribution in [2.75, 3.05) is 26.2 Å². The van der Waals surface area contributed by atoms with Gasteiger partial charge in [0.1, 0.15) is 6.04 Å². The van der Waals surface area contributed by atoms with Crippen molar-refractivity contribution in [3.8, 4) is 0 Å². The third-order valence-electron chi connectivity index (χ3n) is 4.96. The summed E-state index contributed by atoms with van der Waals surface area (Å²) in [4.78, 5) is 30.6. The zero-order valence-electron chi connectivity index (χ0n) is 14.9. The molecule has 0 N–H and O–H groups in total. The number of fused-ring (bicyclic) bond motifs is 1. The van der Waals surface area contributed by atoms with Gasteiger partial charge in [-0.05, 0) is 31.2 Å². The molecule has 2 aromatic heterocycles. The monoisotopic (exact) mass is 405 g/mol. The van der Waals surface area contributed by atoms with E-state index < -0.39 is 11.8 Å². The van der Waals surface area contributed by atoms with Gasteiger partial charge >= 0.3 is 5.76 Å². The highest BCUT2D eigenvalue weighted by Crippen LogP contribution is 2.24. The molecule has 4 rings (SSSR count). The van der Waals surface area contributed by atoms with E-state index in [0.717, 1.165) is 24.0 Å². The summed E-state index contributed by atoms with van der Waals surface area (Å²) in [5.74, 6) is -0.548. The first-order valence-corrected chi connectivity index (χ1v) is 10.1. The van der Waals surface area contributed by atoms with Crippen molar-refractivity contribution in [2.24, 2.45) is 0 Å². The maximum atomic E-state index is 13.0. The molecule has 1 unspecified atom stereocenters. The van der Waals surface area contributed by atoms with Gasteiger partial charge in [0.15, 0.2) is 5.58 Å². The van der Waals surface area contributed by atoms with E-state index in [4.69, 9.17) is 16.0 Å². The Bertz CT molecular complexity index is 1020. The number of benzene rings is 1. The molecule has 1 aliphatic rings. The Kier molecular flexibility index (Phi) is 5.08. The predicted molar refractivity (Wildman–Crippen MR) is 106 cm³/mol. The van der Waals surface area contributed by atoms with Crippen LogP contribution < -0.4 is 5.76 Å². The van der Waals surface area contributed by atoms with Crippen molar-refractivity contribution in [3.63, 3.8) is 0 Å². The predicted octanol–water partition coefficient (Wildman–Crippen LogP) is 3.21. The van der Waals surface area contributed by atoms with E-state index in [-0.39, 0.29) is 5.91 Å². The van der Waals surface area contributed by atoms with E-state index in [2.05, 4.69) is 4.90 Å². The number of amides is 1. The number of hydrogen-bond acceptors (Lipinski definition) is 5. The van der Waals surface area contributed by atoms with Gasteiger partial charge in [-0.2, -0.15) is 0 Å². The van der Waals surface area contributed by atoms with Gasteiger partial charge in [-0.1, -0.05) is 23.7 Å². The summed E-state index contributed by atoms with van der Waals surface area (Å²) >= 11 is 7.58. The number of carbonyl (C=O) groups excluding carboxylic acids is 1. The second kappa shape index (κ2) is 7.50. The summed E-state index contributed by atoms with van der Waals surface area (Å²) in [7, 11) is 0. The molecule has 1 amide bonds. The molecule has 1 atom stereocenters. The SMILES string of the molecule is CC(C(=O)N1CCN(Cc2ccc(Cl)s2)CC1)n1c(=O)oc2ccccc21. The molecule has 3 aromatic rings. The largest absolute Gasteiger partial charge is 0.420 e. The minimum Gasteiger partial charge on any atom is -0.408 e. The van der Waals surface area contributed by atoms with Crippen LogP contribution >= 0.6 is 22.9 Å². The fourth-order valence-corrected chi connectivity index (χ4v) is 4.64. The molecule has 0 radical (unpaired) electrons. The molecule has 6 nitrogen and oxygen atoms in total. The number of piperazine rings is 1. The standard InChI is InChI=1S/C19H20ClN3O3S/c1-13(23-15-4-2-3-5-16(15)26-19(23)25)18(24)22-10-8-21(9-11-22)12-14-6-7-17(20)27-14/h2-7,13H,8-12H2,1H3. The van der Waals surface area contributed by atoms with Crippen LogP contribution in [0, 0.1) is 0 Å². The molecule has 1 fully saturated rings. The maximum absolute atomic E-state index is 13.0. The molecule has 8 heteroatoms. The summed E-state index contributed by atoms with van der Waals surface area (Å²) in [5.41, 5.74) is 1.15. The summed E-state index contributed by atoms with van der Waals surface area (Å²) in [6.07, 6.45) is 0. The van der Waals surface area contributed by atoms with Gasteiger partial charge in [0.05, 0.1) is 9.85 Å². The summed E-state index contributed by atoms with van der Waals surface area (Å²) in [6, 6.07) is 10.5. The van der Waals surface area contributed by atoms with Crippen molar-refractivity contribution in [1.82, 2.24) is 14.4 Å². The van der Waals surface area contributed by atoms with E-state index in [0.29, 0.717) is 24.2 Å². The van der Waals surface area contributed by atoms with E-state index in [1.165, 1.54) is 9.44 Å². The quantitative estimate of drug-likeness (QED) is 0.668. The summed E-state index contributed by atoms with van der Waals surface area (Å²) < 4.78 is 7.50. The second-order valence-corrected chi connectivity index (χ2v) is 8.49. The molecule has 3 heterocycles. The highest BCUT2D eigenvalue weighted by atomic mass is 35.5. The Morgan fingerprint density at radius 2 is 1.93 bits per heavy atom. The van der Waals surface area contributed by atoms with Gasteiger partial charge < -0.3 is 9.32 Å². The fraction of sp³-hybridized carbons (Fsp3) is 0.368. The van der Waals surface area contributed by atoms with Crippen molar-refractivity contribution in [1.29, 1.82) is 0 Å². The van der Waals surface area contributed by atoms with Crippen LogP contribution in [0.4, 0.5) is 0 Å². The zero-order valence-corrected chi connectivity index (χ0v) is 16.5. The van der Waals surface area contributed by atoms with Crippen LogP contribution in [0.1, 0.15) is 17.8 Å². The van der Waals surface area contributed by atoms with Crippen LogP contribution in [0.3, 0.4) is 0 Å². The van der Waals surface area contributed by atoms with Crippen LogP contribution in [0.15, 0.2) is 45.6 Å². The molecule has 0 aliphatic carbocycles. The van der Waals surface area contributed by atoms with Gasteiger partial charge in [-0.15, -0.1) is 11.3 Å². The van der Waals surface area contributed by atoms with E-state index in [1.54, 1.807) is 30.4 Å². The van der Waals surface area contributed by atoms with Crippen molar-refractivity contribution in [2.45, 2.75) is 19.5 Å². The lowest BCUT2D eigenvalue weighted by atomic mass is 10.2. The van der Waals surface area contributed by atoms with Gasteiger partial charge in [-0.25, -0.2) is 4.79 Å². The lowest BCUT2D eigenvalue weighted by Crippen LogP contribution is -2.50. The first kappa shape index (κ1) is 18.3. The Morgan fingerprint density at radius 1 is 1.19 bits per heavy atom. The first-order chi connectivity index (χ1) is 13.0. The number of aromatic nitrogens is 1. The topological polar surface area (TPSA) is 58.7 Å². The van der Waals surface area contributed by atoms with Gasteiger partial charge in [0.2, 0.25) is 5.91 Å². The van der Waals surface area contributed by atoms with E-state index in [1.807, 2.05) is 29.2 Å². The van der Waals surface area contributed by atoms with Crippen molar-refractivity contribution >= 4 is 39.9 Å². The number of halogens is 1. The molecule has 1 aliphatic heterocycles. The van der Waals surface area contributed by atoms with Crippen LogP contribution in [-0.2, 0) is 11.3 Å². The van der Waals surface area contributed by atoms with Crippen LogP contribution in [0.25, 0.3) is 11.1 Å². The molecular weight excluding hydrogens is 386 g/mol. The first-order valence-electron chi connectivity index (χ1n) is 8.88. The fourth-order valence-electron chi connectivity index (χ4n) is 3.51. The smallest absolute Gasteiger partial charge is 0.408 e. The van der Waals surface area contributed by atoms with E-state index in [9.17, 15) is 9.59 Å². The normalized spacial score (nSPS) is 16.7. The molecule has 142 valence electrons. The van der Waals surface area contributed by atoms with Crippen molar-refractivity contribution in [3.05, 3.63) is 56.2 Å². The number of carbonyl (C=O) groups is 1. The lowest BCUT2D eigenvalue weighted by molar-refractivity contribution is -0.136. The van der Waals surface area contributed by atoms with Gasteiger partial charge in [-0.3, -0.25) is 14.3 Å². The summed E-state index contributed by atoms with van der Waals surface area (Å²) in [5, 5.41) is 0. The number of para-hydroxylation sites is 2. The Labute approximate surface area is 165 Å². The van der Waals surface area contributed by atoms with Gasteiger partial charge in [0, 0.05) is 37.6 Å². The molecule has 0 bridgehead atoms. The Hall–Kier alpha value is -2.09. The average Bonchev–Trinajstić information content (AvgIpc) is 3.23. The zero-order chi connectivity index (χ0) is 19.0. The molecule has 0 saturated carbocycles. The molecule has 1 aromatic carbocycles. The minimum atomic E-state index is -0.594. The van der Waals surface area contributed by atoms with Crippen LogP contribution in [-0.4, -0.2) is 46.5 Å². The Morgan fingerprint density at radius 3 is 2.63 bits per heavy atom. The maximum Gasteiger partial charge on any atom is 0.420 e. The molecule has 1 saturated heterocycles. The van der Waals surface area contributed by atoms with Crippen molar-refractivity contribution < 1.29 is 9.21 Å². The van der Waals surface area contributed by atoms with E-state index >= 15 is 0 Å². The Balaban J connectivity index is 1.43. The van der Waals surface area contributed by atoms with Crippen LogP contribution in [0.5, 0.6) is 0 Å². The molecule has 0 spiro atoms. The number of hydrogen-bond donors (Lipinski definition) is 0. The summed E-state index contributed by atoms with van der Waals surface area (Å²) in [6.45, 7) is 5.50. The van der Waals surface area contributed by atoms with Gasteiger partial charge in [0.25, 0.3) is 0 Å². The third kappa shape index (κ3) is 3.67. The average molecular weight is 406 g/mol. The lowest BCUT2D eigenvalue weighted by Gasteiger charge is -2.35. The number of oxazole rings is 1. The molecular formula is C19H20ClN3O3S. The number of thiophene rings is 1. The highest BCUT2D eigenvalue weighted by Gasteiger charge is 2.28. The molecule has 27 heavy (non-hydrogen) atoms. The minimum absolute atomic E-state index is 0.0533. The van der Waals surface area contributed by atoms with Crippen LogP contribution in [0.2, 0.25) is 4.34 Å². The number of rotatable bonds is 4. The third-order valence-corrected chi connectivity index (χ3v) is 6.17. The number of nitrogens with zero attached hydrogens (tertiary/aromatic N) is 3.